The Hall–Kier alpha value is -1.76. The highest BCUT2D eigenvalue weighted by Gasteiger charge is 2.30. The fraction of sp³-hybridized carbons (Fsp3) is 0.500. The standard InChI is InChI=1S/C12H14N2O2/c1-3-5-12(14-9-16)6-4-10(2)11(7-12)13-8-15/h4,6H,3,5,7H2,1-2H3. The van der Waals surface area contributed by atoms with Crippen molar-refractivity contribution < 1.29 is 9.59 Å². The highest BCUT2D eigenvalue weighted by atomic mass is 16.1. The summed E-state index contributed by atoms with van der Waals surface area (Å²) in [5.74, 6) is 0. The van der Waals surface area contributed by atoms with Gasteiger partial charge in [-0.05, 0) is 18.9 Å². The first kappa shape index (κ1) is 12.3. The molecule has 0 fully saturated rings. The summed E-state index contributed by atoms with van der Waals surface area (Å²) in [7, 11) is 0. The van der Waals surface area contributed by atoms with Gasteiger partial charge in [0, 0.05) is 6.42 Å². The monoisotopic (exact) mass is 218 g/mol. The Labute approximate surface area is 94.5 Å². The summed E-state index contributed by atoms with van der Waals surface area (Å²) in [6, 6.07) is 0. The predicted molar refractivity (Wildman–Crippen MR) is 60.3 cm³/mol. The first-order chi connectivity index (χ1) is 7.67. The molecule has 16 heavy (non-hydrogen) atoms. The number of isocyanates is 2. The molecule has 0 heterocycles. The second-order valence-corrected chi connectivity index (χ2v) is 3.90. The van der Waals surface area contributed by atoms with E-state index < -0.39 is 5.54 Å². The number of hydrogen-bond acceptors (Lipinski definition) is 4. The van der Waals surface area contributed by atoms with E-state index in [2.05, 4.69) is 9.98 Å². The van der Waals surface area contributed by atoms with Gasteiger partial charge in [0.1, 0.15) is 0 Å². The summed E-state index contributed by atoms with van der Waals surface area (Å²) in [6.45, 7) is 3.89. The maximum absolute atomic E-state index is 10.4. The Balaban J connectivity index is 3.08. The molecule has 4 heteroatoms. The third-order valence-electron chi connectivity index (χ3n) is 2.70. The lowest BCUT2D eigenvalue weighted by Crippen LogP contribution is -2.26. The van der Waals surface area contributed by atoms with Gasteiger partial charge >= 0.3 is 0 Å². The lowest BCUT2D eigenvalue weighted by molar-refractivity contribution is 0.461. The number of aliphatic imine (C=N–C) groups is 2. The van der Waals surface area contributed by atoms with Gasteiger partial charge in [0.05, 0.1) is 11.2 Å². The molecule has 0 bridgehead atoms. The van der Waals surface area contributed by atoms with Crippen LogP contribution >= 0.6 is 0 Å². The van der Waals surface area contributed by atoms with Crippen LogP contribution in [-0.4, -0.2) is 17.7 Å². The molecule has 0 spiro atoms. The molecule has 1 atom stereocenters. The molecule has 1 aliphatic rings. The normalized spacial score (nSPS) is 23.6. The van der Waals surface area contributed by atoms with Gasteiger partial charge in [0.25, 0.3) is 0 Å². The van der Waals surface area contributed by atoms with Crippen molar-refractivity contribution in [1.29, 1.82) is 0 Å². The predicted octanol–water partition coefficient (Wildman–Crippen LogP) is 2.43. The Morgan fingerprint density at radius 1 is 1.44 bits per heavy atom. The summed E-state index contributed by atoms with van der Waals surface area (Å²) in [4.78, 5) is 28.2. The summed E-state index contributed by atoms with van der Waals surface area (Å²) < 4.78 is 0. The average molecular weight is 218 g/mol. The van der Waals surface area contributed by atoms with Crippen molar-refractivity contribution >= 4 is 12.2 Å². The van der Waals surface area contributed by atoms with Gasteiger partial charge in [-0.25, -0.2) is 9.59 Å². The number of carbonyl (C=O) groups excluding carboxylic acids is 2. The molecule has 4 nitrogen and oxygen atoms in total. The Kier molecular flexibility index (Phi) is 4.12. The molecule has 0 aromatic carbocycles. The van der Waals surface area contributed by atoms with Gasteiger partial charge in [0.2, 0.25) is 12.2 Å². The topological polar surface area (TPSA) is 58.9 Å². The maximum Gasteiger partial charge on any atom is 0.240 e. The maximum atomic E-state index is 10.4. The van der Waals surface area contributed by atoms with Crippen LogP contribution in [-0.2, 0) is 9.59 Å². The van der Waals surface area contributed by atoms with Crippen molar-refractivity contribution in [2.24, 2.45) is 9.98 Å². The van der Waals surface area contributed by atoms with Crippen molar-refractivity contribution in [3.63, 3.8) is 0 Å². The molecule has 1 aliphatic carbocycles. The zero-order valence-electron chi connectivity index (χ0n) is 9.49. The molecule has 0 aromatic rings. The fourth-order valence-corrected chi connectivity index (χ4v) is 1.88. The van der Waals surface area contributed by atoms with Crippen LogP contribution in [0.1, 0.15) is 33.1 Å². The van der Waals surface area contributed by atoms with E-state index in [1.165, 1.54) is 6.08 Å². The van der Waals surface area contributed by atoms with Crippen molar-refractivity contribution in [3.8, 4) is 0 Å². The zero-order valence-corrected chi connectivity index (χ0v) is 9.49. The molecule has 0 radical (unpaired) electrons. The van der Waals surface area contributed by atoms with E-state index in [9.17, 15) is 9.59 Å². The van der Waals surface area contributed by atoms with E-state index in [4.69, 9.17) is 0 Å². The van der Waals surface area contributed by atoms with Crippen LogP contribution in [0.5, 0.6) is 0 Å². The van der Waals surface area contributed by atoms with Gasteiger partial charge in [0.15, 0.2) is 0 Å². The van der Waals surface area contributed by atoms with Gasteiger partial charge in [-0.2, -0.15) is 9.98 Å². The zero-order chi connectivity index (χ0) is 12.0. The summed E-state index contributed by atoms with van der Waals surface area (Å²) in [5.41, 5.74) is 0.979. The summed E-state index contributed by atoms with van der Waals surface area (Å²) in [6.07, 6.45) is 8.97. The third-order valence-corrected chi connectivity index (χ3v) is 2.70. The Morgan fingerprint density at radius 2 is 2.19 bits per heavy atom. The lowest BCUT2D eigenvalue weighted by Gasteiger charge is -2.27. The highest BCUT2D eigenvalue weighted by molar-refractivity contribution is 5.45. The third kappa shape index (κ3) is 2.63. The molecule has 0 aliphatic heterocycles. The van der Waals surface area contributed by atoms with Crippen molar-refractivity contribution in [2.75, 3.05) is 0 Å². The second kappa shape index (κ2) is 5.36. The SMILES string of the molecule is CCCC1(N=C=O)C=CC(C)=C(N=C=O)C1. The van der Waals surface area contributed by atoms with Crippen molar-refractivity contribution in [2.45, 2.75) is 38.6 Å². The van der Waals surface area contributed by atoms with Crippen LogP contribution in [0.25, 0.3) is 0 Å². The number of nitrogens with zero attached hydrogens (tertiary/aromatic N) is 2. The Morgan fingerprint density at radius 3 is 2.75 bits per heavy atom. The van der Waals surface area contributed by atoms with Crippen molar-refractivity contribution in [3.05, 3.63) is 23.4 Å². The van der Waals surface area contributed by atoms with Crippen molar-refractivity contribution in [1.82, 2.24) is 0 Å². The number of allylic oxidation sites excluding steroid dienone is 2. The quantitative estimate of drug-likeness (QED) is 0.537. The molecule has 1 rings (SSSR count). The fourth-order valence-electron chi connectivity index (χ4n) is 1.88. The van der Waals surface area contributed by atoms with Crippen LogP contribution < -0.4 is 0 Å². The van der Waals surface area contributed by atoms with E-state index in [1.54, 1.807) is 6.08 Å². The molecule has 0 saturated heterocycles. The van der Waals surface area contributed by atoms with E-state index in [0.29, 0.717) is 12.1 Å². The van der Waals surface area contributed by atoms with E-state index in [0.717, 1.165) is 18.4 Å². The minimum atomic E-state index is -0.578. The van der Waals surface area contributed by atoms with Gasteiger partial charge in [-0.15, -0.1) is 0 Å². The minimum Gasteiger partial charge on any atom is -0.211 e. The molecular formula is C12H14N2O2. The van der Waals surface area contributed by atoms with Crippen LogP contribution in [0.4, 0.5) is 0 Å². The smallest absolute Gasteiger partial charge is 0.211 e. The van der Waals surface area contributed by atoms with Crippen LogP contribution in [0, 0.1) is 0 Å². The van der Waals surface area contributed by atoms with E-state index in [-0.39, 0.29) is 0 Å². The van der Waals surface area contributed by atoms with Crippen LogP contribution in [0.2, 0.25) is 0 Å². The average Bonchev–Trinajstić information content (AvgIpc) is 2.25. The molecular weight excluding hydrogens is 204 g/mol. The summed E-state index contributed by atoms with van der Waals surface area (Å²) >= 11 is 0. The second-order valence-electron chi connectivity index (χ2n) is 3.90. The largest absolute Gasteiger partial charge is 0.240 e. The van der Waals surface area contributed by atoms with Crippen LogP contribution in [0.3, 0.4) is 0 Å². The molecule has 1 unspecified atom stereocenters. The molecule has 0 saturated carbocycles. The number of hydrogen-bond donors (Lipinski definition) is 0. The molecule has 0 N–H and O–H groups in total. The highest BCUT2D eigenvalue weighted by Crippen LogP contribution is 2.34. The minimum absolute atomic E-state index is 0.466. The van der Waals surface area contributed by atoms with E-state index in [1.807, 2.05) is 26.0 Å². The Bertz CT molecular complexity index is 424. The van der Waals surface area contributed by atoms with Gasteiger partial charge < -0.3 is 0 Å². The van der Waals surface area contributed by atoms with Gasteiger partial charge in [-0.1, -0.05) is 25.5 Å². The summed E-state index contributed by atoms with van der Waals surface area (Å²) in [5, 5.41) is 0. The molecule has 84 valence electrons. The van der Waals surface area contributed by atoms with Crippen LogP contribution in [0.15, 0.2) is 33.4 Å². The molecule has 0 amide bonds. The number of rotatable bonds is 4. The van der Waals surface area contributed by atoms with Gasteiger partial charge in [-0.3, -0.25) is 0 Å². The lowest BCUT2D eigenvalue weighted by atomic mass is 9.84. The van der Waals surface area contributed by atoms with E-state index >= 15 is 0 Å². The molecule has 0 aromatic heterocycles. The first-order valence-corrected chi connectivity index (χ1v) is 5.23. The first-order valence-electron chi connectivity index (χ1n) is 5.23.